The minimum atomic E-state index is -0.753. The van der Waals surface area contributed by atoms with Crippen molar-refractivity contribution in [1.29, 1.82) is 0 Å². The van der Waals surface area contributed by atoms with Crippen LogP contribution in [0.5, 0.6) is 5.75 Å². The number of carbonyl (C=O) groups is 2. The number of ether oxygens (including phenoxy) is 1. The van der Waals surface area contributed by atoms with Crippen LogP contribution in [0, 0.1) is 12.7 Å². The number of rotatable bonds is 7. The van der Waals surface area contributed by atoms with Gasteiger partial charge in [0.05, 0.1) is 18.2 Å². The standard InChI is InChI=1S/C24H27FN2O4/c1-5-31-18-9-6-16(7-10-18)21-20(22(28)17-8-11-19(25)15(2)14-17)23(29)24(30)27(21)13-12-26(3)4/h6-11,14,21,28H,5,12-13H2,1-4H3/b22-20-. The maximum absolute atomic E-state index is 13.7. The van der Waals surface area contributed by atoms with Crippen molar-refractivity contribution in [3.63, 3.8) is 0 Å². The summed E-state index contributed by atoms with van der Waals surface area (Å²) in [5.41, 5.74) is 1.31. The van der Waals surface area contributed by atoms with E-state index in [1.165, 1.54) is 23.1 Å². The van der Waals surface area contributed by atoms with Crippen LogP contribution >= 0.6 is 0 Å². The van der Waals surface area contributed by atoms with Crippen molar-refractivity contribution < 1.29 is 23.8 Å². The lowest BCUT2D eigenvalue weighted by molar-refractivity contribution is -0.140. The summed E-state index contributed by atoms with van der Waals surface area (Å²) in [5, 5.41) is 11.0. The molecule has 0 aromatic heterocycles. The molecule has 1 atom stereocenters. The molecule has 6 nitrogen and oxygen atoms in total. The van der Waals surface area contributed by atoms with Gasteiger partial charge in [-0.2, -0.15) is 0 Å². The lowest BCUT2D eigenvalue weighted by atomic mass is 9.94. The molecule has 0 aliphatic carbocycles. The molecule has 1 fully saturated rings. The van der Waals surface area contributed by atoms with Crippen LogP contribution in [0.2, 0.25) is 0 Å². The number of aryl methyl sites for hydroxylation is 1. The number of hydrogen-bond donors (Lipinski definition) is 1. The highest BCUT2D eigenvalue weighted by atomic mass is 19.1. The molecular formula is C24H27FN2O4. The molecule has 7 heteroatoms. The van der Waals surface area contributed by atoms with E-state index < -0.39 is 23.5 Å². The van der Waals surface area contributed by atoms with Gasteiger partial charge in [-0.05, 0) is 69.4 Å². The molecule has 0 radical (unpaired) electrons. The van der Waals surface area contributed by atoms with Crippen molar-refractivity contribution in [2.75, 3.05) is 33.8 Å². The summed E-state index contributed by atoms with van der Waals surface area (Å²) in [7, 11) is 3.76. The third-order valence-corrected chi connectivity index (χ3v) is 5.27. The summed E-state index contributed by atoms with van der Waals surface area (Å²) in [5.74, 6) is -1.47. The van der Waals surface area contributed by atoms with Crippen molar-refractivity contribution in [3.05, 3.63) is 70.5 Å². The number of aliphatic hydroxyl groups excluding tert-OH is 1. The first-order valence-corrected chi connectivity index (χ1v) is 10.2. The molecule has 1 unspecified atom stereocenters. The molecule has 31 heavy (non-hydrogen) atoms. The fourth-order valence-corrected chi connectivity index (χ4v) is 3.63. The summed E-state index contributed by atoms with van der Waals surface area (Å²) in [6.07, 6.45) is 0. The quantitative estimate of drug-likeness (QED) is 0.417. The Morgan fingerprint density at radius 2 is 1.84 bits per heavy atom. The fourth-order valence-electron chi connectivity index (χ4n) is 3.63. The number of likely N-dealkylation sites (tertiary alicyclic amines) is 1. The van der Waals surface area contributed by atoms with Gasteiger partial charge in [-0.3, -0.25) is 9.59 Å². The van der Waals surface area contributed by atoms with E-state index in [-0.39, 0.29) is 11.3 Å². The van der Waals surface area contributed by atoms with E-state index in [0.29, 0.717) is 42.1 Å². The molecule has 0 saturated carbocycles. The van der Waals surface area contributed by atoms with E-state index in [1.807, 2.05) is 25.9 Å². The molecule has 1 aliphatic rings. The average Bonchev–Trinajstić information content (AvgIpc) is 2.99. The second-order valence-electron chi connectivity index (χ2n) is 7.76. The zero-order valence-corrected chi connectivity index (χ0v) is 18.2. The Morgan fingerprint density at radius 3 is 2.42 bits per heavy atom. The van der Waals surface area contributed by atoms with Gasteiger partial charge in [0.1, 0.15) is 17.3 Å². The first-order valence-electron chi connectivity index (χ1n) is 10.2. The lowest BCUT2D eigenvalue weighted by Crippen LogP contribution is -2.35. The van der Waals surface area contributed by atoms with Crippen molar-refractivity contribution in [2.45, 2.75) is 19.9 Å². The smallest absolute Gasteiger partial charge is 0.295 e. The second kappa shape index (κ2) is 9.31. The minimum Gasteiger partial charge on any atom is -0.507 e. The number of aliphatic hydroxyl groups is 1. The van der Waals surface area contributed by atoms with E-state index >= 15 is 0 Å². The third-order valence-electron chi connectivity index (χ3n) is 5.27. The number of hydrogen-bond acceptors (Lipinski definition) is 5. The SMILES string of the molecule is CCOc1ccc(C2/C(=C(/O)c3ccc(F)c(C)c3)C(=O)C(=O)N2CCN(C)C)cc1. The number of ketones is 1. The summed E-state index contributed by atoms with van der Waals surface area (Å²) < 4.78 is 19.2. The van der Waals surface area contributed by atoms with Gasteiger partial charge in [0.2, 0.25) is 0 Å². The minimum absolute atomic E-state index is 0.000996. The van der Waals surface area contributed by atoms with Crippen molar-refractivity contribution in [2.24, 2.45) is 0 Å². The predicted octanol–water partition coefficient (Wildman–Crippen LogP) is 3.52. The van der Waals surface area contributed by atoms with Crippen LogP contribution in [-0.2, 0) is 9.59 Å². The number of carbonyl (C=O) groups excluding carboxylic acids is 2. The molecule has 0 bridgehead atoms. The number of amides is 1. The molecule has 2 aromatic rings. The topological polar surface area (TPSA) is 70.1 Å². The molecular weight excluding hydrogens is 399 g/mol. The third kappa shape index (κ3) is 4.61. The molecule has 1 amide bonds. The summed E-state index contributed by atoms with van der Waals surface area (Å²) in [6, 6.07) is 10.5. The van der Waals surface area contributed by atoms with Crippen LogP contribution in [0.3, 0.4) is 0 Å². The largest absolute Gasteiger partial charge is 0.507 e. The van der Waals surface area contributed by atoms with Gasteiger partial charge in [0, 0.05) is 18.7 Å². The second-order valence-corrected chi connectivity index (χ2v) is 7.76. The van der Waals surface area contributed by atoms with Crippen molar-refractivity contribution >= 4 is 17.4 Å². The predicted molar refractivity (Wildman–Crippen MR) is 116 cm³/mol. The zero-order chi connectivity index (χ0) is 22.7. The van der Waals surface area contributed by atoms with Crippen LogP contribution in [0.4, 0.5) is 4.39 Å². The Hall–Kier alpha value is -3.19. The zero-order valence-electron chi connectivity index (χ0n) is 18.2. The van der Waals surface area contributed by atoms with Crippen LogP contribution in [0.15, 0.2) is 48.0 Å². The Kier molecular flexibility index (Phi) is 6.75. The number of likely N-dealkylation sites (N-methyl/N-ethyl adjacent to an activating group) is 1. The van der Waals surface area contributed by atoms with Crippen LogP contribution in [0.1, 0.15) is 29.7 Å². The first-order chi connectivity index (χ1) is 14.7. The Balaban J connectivity index is 2.12. The van der Waals surface area contributed by atoms with Gasteiger partial charge in [0.25, 0.3) is 11.7 Å². The van der Waals surface area contributed by atoms with Gasteiger partial charge in [-0.1, -0.05) is 12.1 Å². The first kappa shape index (κ1) is 22.5. The van der Waals surface area contributed by atoms with E-state index in [0.717, 1.165) is 0 Å². The molecule has 2 aromatic carbocycles. The maximum atomic E-state index is 13.7. The Bertz CT molecular complexity index is 1010. The van der Waals surface area contributed by atoms with Crippen LogP contribution in [-0.4, -0.2) is 60.4 Å². The Morgan fingerprint density at radius 1 is 1.16 bits per heavy atom. The van der Waals surface area contributed by atoms with Gasteiger partial charge in [-0.25, -0.2) is 4.39 Å². The molecule has 164 valence electrons. The highest BCUT2D eigenvalue weighted by molar-refractivity contribution is 6.46. The van der Waals surface area contributed by atoms with Crippen molar-refractivity contribution in [3.8, 4) is 5.75 Å². The Labute approximate surface area is 181 Å². The summed E-state index contributed by atoms with van der Waals surface area (Å²) in [4.78, 5) is 29.2. The molecule has 0 spiro atoms. The van der Waals surface area contributed by atoms with E-state index in [2.05, 4.69) is 0 Å². The van der Waals surface area contributed by atoms with Gasteiger partial charge in [-0.15, -0.1) is 0 Å². The maximum Gasteiger partial charge on any atom is 0.295 e. The normalized spacial score (nSPS) is 18.1. The van der Waals surface area contributed by atoms with Crippen LogP contribution in [0.25, 0.3) is 5.76 Å². The number of Topliss-reactive ketones (excluding diaryl/α,β-unsaturated/α-hetero) is 1. The fraction of sp³-hybridized carbons (Fsp3) is 0.333. The number of benzene rings is 2. The van der Waals surface area contributed by atoms with Gasteiger partial charge < -0.3 is 19.6 Å². The molecule has 3 rings (SSSR count). The van der Waals surface area contributed by atoms with E-state index in [9.17, 15) is 19.1 Å². The molecule has 1 aliphatic heterocycles. The summed E-state index contributed by atoms with van der Waals surface area (Å²) in [6.45, 7) is 4.84. The monoisotopic (exact) mass is 426 g/mol. The number of nitrogens with zero attached hydrogens (tertiary/aromatic N) is 2. The molecule has 1 saturated heterocycles. The van der Waals surface area contributed by atoms with Gasteiger partial charge in [0.15, 0.2) is 0 Å². The summed E-state index contributed by atoms with van der Waals surface area (Å²) >= 11 is 0. The van der Waals surface area contributed by atoms with E-state index in [1.54, 1.807) is 31.2 Å². The molecule has 1 heterocycles. The molecule has 1 N–H and O–H groups in total. The van der Waals surface area contributed by atoms with E-state index in [4.69, 9.17) is 4.74 Å². The van der Waals surface area contributed by atoms with Crippen LogP contribution < -0.4 is 4.74 Å². The highest BCUT2D eigenvalue weighted by Crippen LogP contribution is 2.39. The van der Waals surface area contributed by atoms with Gasteiger partial charge >= 0.3 is 0 Å². The van der Waals surface area contributed by atoms with Crippen molar-refractivity contribution in [1.82, 2.24) is 9.80 Å². The average molecular weight is 426 g/mol. The highest BCUT2D eigenvalue weighted by Gasteiger charge is 2.45. The lowest BCUT2D eigenvalue weighted by Gasteiger charge is -2.26. The number of halogens is 1.